The summed E-state index contributed by atoms with van der Waals surface area (Å²) in [6.07, 6.45) is 1.62. The number of hydrogen-bond acceptors (Lipinski definition) is 14. The number of phenolic OH excluding ortho intramolecular Hbond substituents is 2. The third-order valence-electron chi connectivity index (χ3n) is 9.67. The quantitative estimate of drug-likeness (QED) is 0.0699. The Balaban J connectivity index is 1.18. The average Bonchev–Trinajstić information content (AvgIpc) is 3.71. The number of carbonyl (C=O) groups is 5. The highest BCUT2D eigenvalue weighted by atomic mass is 35.5. The number of thioether (sulfide) groups is 1. The van der Waals surface area contributed by atoms with E-state index in [-0.39, 0.29) is 38.9 Å². The SMILES string of the molecule is CC(C)(O/N=C(\C(=O)N[C@@H]1C(=O)N2C(C(=O)[O-])=C(C[N@+]34CCC[C@H]3CN(C(=O)c3ccc(O)c(O)c3Cl)CC4)CS[C@H]12)c1csc(N)n1)C(=O)O. The van der Waals surface area contributed by atoms with Crippen molar-refractivity contribution in [2.75, 3.05) is 44.2 Å². The second-order valence-electron chi connectivity index (χ2n) is 13.2. The van der Waals surface area contributed by atoms with Gasteiger partial charge in [0.1, 0.15) is 29.7 Å². The molecule has 5 heterocycles. The number of fused-ring (bicyclic) bond motifs is 2. The Morgan fingerprint density at radius 3 is 2.67 bits per heavy atom. The van der Waals surface area contributed by atoms with Crippen LogP contribution in [0.5, 0.6) is 11.5 Å². The number of carbonyl (C=O) groups excluding carboxylic acids is 4. The lowest BCUT2D eigenvalue weighted by Crippen LogP contribution is -2.72. The first-order valence-electron chi connectivity index (χ1n) is 15.8. The molecule has 2 aromatic rings. The number of rotatable bonds is 10. The molecule has 6 N–H and O–H groups in total. The van der Waals surface area contributed by atoms with Gasteiger partial charge in [-0.25, -0.2) is 9.78 Å². The van der Waals surface area contributed by atoms with Crippen molar-refractivity contribution < 1.29 is 53.7 Å². The predicted molar refractivity (Wildman–Crippen MR) is 181 cm³/mol. The molecule has 4 aliphatic rings. The van der Waals surface area contributed by atoms with Gasteiger partial charge in [-0.15, -0.1) is 23.1 Å². The summed E-state index contributed by atoms with van der Waals surface area (Å²) in [7, 11) is 0. The number of aromatic hydroxyl groups is 2. The molecule has 1 aromatic carbocycles. The Labute approximate surface area is 303 Å². The van der Waals surface area contributed by atoms with Gasteiger partial charge in [-0.1, -0.05) is 16.8 Å². The second kappa shape index (κ2) is 13.5. The molecule has 4 aliphatic heterocycles. The van der Waals surface area contributed by atoms with E-state index < -0.39 is 63.9 Å². The summed E-state index contributed by atoms with van der Waals surface area (Å²) in [5.74, 6) is -5.62. The molecule has 51 heavy (non-hydrogen) atoms. The zero-order chi connectivity index (χ0) is 37.0. The summed E-state index contributed by atoms with van der Waals surface area (Å²) in [5, 5.41) is 48.6. The lowest BCUT2D eigenvalue weighted by molar-refractivity contribution is -0.938. The summed E-state index contributed by atoms with van der Waals surface area (Å²) in [4.78, 5) is 76.4. The fraction of sp³-hybridized carbons (Fsp3) is 0.452. The van der Waals surface area contributed by atoms with E-state index in [1.807, 2.05) is 0 Å². The molecule has 0 spiro atoms. The highest BCUT2D eigenvalue weighted by Gasteiger charge is 2.55. The van der Waals surface area contributed by atoms with Crippen molar-refractivity contribution in [3.63, 3.8) is 0 Å². The molecule has 17 nitrogen and oxygen atoms in total. The van der Waals surface area contributed by atoms with Gasteiger partial charge in [0.15, 0.2) is 22.3 Å². The number of phenols is 2. The molecule has 0 saturated carbocycles. The number of nitrogens with one attached hydrogen (secondary N) is 1. The van der Waals surface area contributed by atoms with E-state index in [2.05, 4.69) is 15.5 Å². The molecular weight excluding hydrogens is 730 g/mol. The van der Waals surface area contributed by atoms with Gasteiger partial charge < -0.3 is 50.5 Å². The van der Waals surface area contributed by atoms with Crippen LogP contribution in [0.15, 0.2) is 33.9 Å². The van der Waals surface area contributed by atoms with Crippen LogP contribution in [-0.2, 0) is 24.0 Å². The number of nitrogens with two attached hydrogens (primary N) is 1. The smallest absolute Gasteiger partial charge is 0.350 e. The number of piperazine rings is 1. The van der Waals surface area contributed by atoms with E-state index in [9.17, 15) is 44.4 Å². The van der Waals surface area contributed by atoms with Gasteiger partial charge in [-0.05, 0) is 26.0 Å². The number of halogens is 1. The van der Waals surface area contributed by atoms with E-state index in [1.165, 1.54) is 43.1 Å². The van der Waals surface area contributed by atoms with Crippen LogP contribution < -0.4 is 16.2 Å². The topological polar surface area (TPSA) is 248 Å². The minimum absolute atomic E-state index is 0.00563. The molecule has 0 bridgehead atoms. The van der Waals surface area contributed by atoms with Crippen LogP contribution in [0, 0.1) is 0 Å². The lowest BCUT2D eigenvalue weighted by Gasteiger charge is -2.52. The summed E-state index contributed by atoms with van der Waals surface area (Å²) >= 11 is 8.45. The van der Waals surface area contributed by atoms with Gasteiger partial charge >= 0.3 is 5.97 Å². The number of carboxylic acids is 2. The van der Waals surface area contributed by atoms with Crippen LogP contribution in [-0.4, -0.2) is 131 Å². The van der Waals surface area contributed by atoms with Gasteiger partial charge in [0.2, 0.25) is 5.60 Å². The maximum Gasteiger partial charge on any atom is 0.350 e. The Bertz CT molecular complexity index is 1900. The van der Waals surface area contributed by atoms with Gasteiger partial charge in [0, 0.05) is 29.5 Å². The van der Waals surface area contributed by atoms with E-state index in [0.29, 0.717) is 36.2 Å². The van der Waals surface area contributed by atoms with Crippen molar-refractivity contribution in [1.29, 1.82) is 0 Å². The molecule has 3 fully saturated rings. The monoisotopic (exact) mass is 763 g/mol. The summed E-state index contributed by atoms with van der Waals surface area (Å²) < 4.78 is 0.515. The minimum atomic E-state index is -1.80. The van der Waals surface area contributed by atoms with Crippen molar-refractivity contribution in [3.05, 3.63) is 45.1 Å². The molecule has 3 amide bonds. The van der Waals surface area contributed by atoms with Crippen LogP contribution in [0.3, 0.4) is 0 Å². The van der Waals surface area contributed by atoms with Crippen molar-refractivity contribution in [2.24, 2.45) is 5.16 Å². The Hall–Kier alpha value is -4.59. The predicted octanol–water partition coefficient (Wildman–Crippen LogP) is -0.0871. The van der Waals surface area contributed by atoms with E-state index >= 15 is 0 Å². The Kier molecular flexibility index (Phi) is 9.59. The Morgan fingerprint density at radius 1 is 1.25 bits per heavy atom. The summed E-state index contributed by atoms with van der Waals surface area (Å²) in [6, 6.07) is 1.38. The van der Waals surface area contributed by atoms with Gasteiger partial charge in [-0.3, -0.25) is 19.3 Å². The van der Waals surface area contributed by atoms with Crippen LogP contribution in [0.25, 0.3) is 0 Å². The number of oxime groups is 1. The number of thiazole rings is 1. The highest BCUT2D eigenvalue weighted by molar-refractivity contribution is 8.00. The normalized spacial score (nSPS) is 24.8. The number of β-lactam (4-membered cyclic amide) rings is 1. The molecule has 6 rings (SSSR count). The number of amides is 3. The maximum atomic E-state index is 13.5. The molecule has 20 heteroatoms. The number of aliphatic carboxylic acids is 2. The molecular formula is C31H34ClN7O10S2. The number of carboxylic acid groups (broad SMARTS) is 2. The molecule has 0 unspecified atom stereocenters. The second-order valence-corrected chi connectivity index (χ2v) is 15.6. The molecule has 3 saturated heterocycles. The molecule has 0 aliphatic carbocycles. The first kappa shape index (κ1) is 36.2. The minimum Gasteiger partial charge on any atom is -0.543 e. The van der Waals surface area contributed by atoms with E-state index in [0.717, 1.165) is 35.6 Å². The number of aromatic nitrogens is 1. The first-order valence-corrected chi connectivity index (χ1v) is 18.1. The standard InChI is InChI=1S/C31H34ClN7O10S2/c1-31(2,29(47)48)49-36-20(17-13-51-30(33)34-17)24(42)35-21-26(44)38-22(28(45)46)14(12-50-27(21)38)11-39-8-3-4-15(39)10-37(7-9-39)25(43)16-5-6-18(40)23(41)19(16)32/h5-6,13,15,21,27H,3-4,7-12H2,1-2H3,(H6-,33,34,35,36,40,41,42,43,45,46,47,48)/t15-,21+,27+,39+/m0/s1. The Morgan fingerprint density at radius 2 is 2.00 bits per heavy atom. The number of nitrogens with zero attached hydrogens (tertiary/aromatic N) is 5. The summed E-state index contributed by atoms with van der Waals surface area (Å²) in [6.45, 7) is 4.71. The maximum absolute atomic E-state index is 13.5. The molecule has 4 atom stereocenters. The highest BCUT2D eigenvalue weighted by Crippen LogP contribution is 2.43. The van der Waals surface area contributed by atoms with Crippen LogP contribution in [0.4, 0.5) is 5.13 Å². The fourth-order valence-electron chi connectivity index (χ4n) is 6.87. The zero-order valence-corrected chi connectivity index (χ0v) is 29.7. The number of anilines is 1. The fourth-order valence-corrected chi connectivity index (χ4v) is 8.99. The van der Waals surface area contributed by atoms with E-state index in [1.54, 1.807) is 4.90 Å². The van der Waals surface area contributed by atoms with Crippen molar-refractivity contribution >= 4 is 75.2 Å². The van der Waals surface area contributed by atoms with Crippen molar-refractivity contribution in [1.82, 2.24) is 20.1 Å². The number of hydrogen-bond donors (Lipinski definition) is 5. The number of nitrogen functional groups attached to an aromatic ring is 1. The number of quaternary nitrogens is 1. The summed E-state index contributed by atoms with van der Waals surface area (Å²) in [5.41, 5.74) is 3.83. The molecule has 1 aromatic heterocycles. The third-order valence-corrected chi connectivity index (χ3v) is 12.1. The molecule has 0 radical (unpaired) electrons. The van der Waals surface area contributed by atoms with Gasteiger partial charge in [-0.2, -0.15) is 0 Å². The van der Waals surface area contributed by atoms with E-state index in [4.69, 9.17) is 22.2 Å². The van der Waals surface area contributed by atoms with Crippen LogP contribution >= 0.6 is 34.7 Å². The number of benzene rings is 1. The van der Waals surface area contributed by atoms with Crippen molar-refractivity contribution in [3.8, 4) is 11.5 Å². The van der Waals surface area contributed by atoms with Crippen molar-refractivity contribution in [2.45, 2.75) is 49.7 Å². The third kappa shape index (κ3) is 6.54. The first-order chi connectivity index (χ1) is 24.0. The largest absolute Gasteiger partial charge is 0.543 e. The van der Waals surface area contributed by atoms with Crippen LogP contribution in [0.2, 0.25) is 5.02 Å². The molecule has 272 valence electrons. The zero-order valence-electron chi connectivity index (χ0n) is 27.3. The van der Waals surface area contributed by atoms with Crippen LogP contribution in [0.1, 0.15) is 42.7 Å². The van der Waals surface area contributed by atoms with Gasteiger partial charge in [0.25, 0.3) is 17.7 Å². The average molecular weight is 764 g/mol. The van der Waals surface area contributed by atoms with Gasteiger partial charge in [0.05, 0.1) is 48.4 Å². The lowest BCUT2D eigenvalue weighted by atomic mass is 10.0.